The van der Waals surface area contributed by atoms with E-state index in [-0.39, 0.29) is 16.7 Å². The van der Waals surface area contributed by atoms with Gasteiger partial charge in [-0.05, 0) is 6.92 Å². The predicted molar refractivity (Wildman–Crippen MR) is 36.0 cm³/mol. The summed E-state index contributed by atoms with van der Waals surface area (Å²) in [6.45, 7) is 1.86. The van der Waals surface area contributed by atoms with Crippen molar-refractivity contribution in [2.45, 2.75) is 17.7 Å². The number of amides is 1. The maximum atomic E-state index is 10.7. The molecule has 0 spiro atoms. The van der Waals surface area contributed by atoms with Crippen LogP contribution in [0.2, 0.25) is 0 Å². The van der Waals surface area contributed by atoms with Crippen molar-refractivity contribution in [3.05, 3.63) is 0 Å². The van der Waals surface area contributed by atoms with Gasteiger partial charge in [-0.3, -0.25) is 4.79 Å². The summed E-state index contributed by atoms with van der Waals surface area (Å²) < 4.78 is 4.88. The molecule has 1 aliphatic rings. The monoisotopic (exact) mass is 147 g/mol. The summed E-state index contributed by atoms with van der Waals surface area (Å²) in [6.07, 6.45) is 0. The first-order chi connectivity index (χ1) is 4.24. The number of nitrogens with one attached hydrogen (secondary N) is 1. The van der Waals surface area contributed by atoms with Gasteiger partial charge in [-0.25, -0.2) is 0 Å². The van der Waals surface area contributed by atoms with Crippen molar-refractivity contribution in [1.29, 1.82) is 0 Å². The largest absolute Gasteiger partial charge is 0.352 e. The smallest absolute Gasteiger partial charge is 0.235 e. The van der Waals surface area contributed by atoms with E-state index in [4.69, 9.17) is 4.74 Å². The number of hydrogen-bond donors (Lipinski definition) is 1. The van der Waals surface area contributed by atoms with Crippen LogP contribution in [0.4, 0.5) is 0 Å². The van der Waals surface area contributed by atoms with Gasteiger partial charge in [-0.2, -0.15) is 0 Å². The van der Waals surface area contributed by atoms with E-state index in [1.54, 1.807) is 7.11 Å². The Balaban J connectivity index is 2.44. The van der Waals surface area contributed by atoms with Gasteiger partial charge < -0.3 is 10.1 Å². The van der Waals surface area contributed by atoms with Gasteiger partial charge in [0.15, 0.2) is 5.56 Å². The lowest BCUT2D eigenvalue weighted by atomic mass is 10.4. The summed E-state index contributed by atoms with van der Waals surface area (Å²) in [4.78, 5) is 10.7. The molecule has 2 unspecified atom stereocenters. The van der Waals surface area contributed by atoms with E-state index in [2.05, 4.69) is 5.32 Å². The first-order valence-electron chi connectivity index (χ1n) is 2.72. The Hall–Kier alpha value is -0.220. The number of carbonyl (C=O) groups excluding carboxylic acids is 1. The summed E-state index contributed by atoms with van der Waals surface area (Å²) in [5.74, 6) is 0.0619. The number of methoxy groups -OCH3 is 1. The molecule has 1 saturated heterocycles. The highest BCUT2D eigenvalue weighted by Gasteiger charge is 2.28. The van der Waals surface area contributed by atoms with Gasteiger partial charge >= 0.3 is 0 Å². The highest BCUT2D eigenvalue weighted by molar-refractivity contribution is 8.01. The molecular weight excluding hydrogens is 138 g/mol. The van der Waals surface area contributed by atoms with Crippen molar-refractivity contribution in [3.8, 4) is 0 Å². The second kappa shape index (κ2) is 2.58. The average Bonchev–Trinajstić information content (AvgIpc) is 2.13. The Bertz CT molecular complexity index is 128. The molecule has 4 heteroatoms. The van der Waals surface area contributed by atoms with E-state index in [1.165, 1.54) is 11.8 Å². The average molecular weight is 147 g/mol. The van der Waals surface area contributed by atoms with Gasteiger partial charge in [0.05, 0.1) is 5.25 Å². The quantitative estimate of drug-likeness (QED) is 0.574. The molecular formula is C5H9NO2S. The molecule has 0 aromatic carbocycles. The second-order valence-corrected chi connectivity index (χ2v) is 3.26. The lowest BCUT2D eigenvalue weighted by Crippen LogP contribution is -2.27. The first-order valence-corrected chi connectivity index (χ1v) is 3.67. The van der Waals surface area contributed by atoms with E-state index in [0.717, 1.165) is 0 Å². The Morgan fingerprint density at radius 3 is 2.67 bits per heavy atom. The van der Waals surface area contributed by atoms with E-state index in [9.17, 15) is 4.79 Å². The molecule has 1 heterocycles. The number of rotatable bonds is 1. The molecule has 0 radical (unpaired) electrons. The van der Waals surface area contributed by atoms with Crippen LogP contribution in [0.15, 0.2) is 0 Å². The number of carbonyl (C=O) groups is 1. The van der Waals surface area contributed by atoms with Gasteiger partial charge in [-0.1, -0.05) is 11.8 Å². The molecule has 0 saturated carbocycles. The summed E-state index contributed by atoms with van der Waals surface area (Å²) >= 11 is 1.49. The Kier molecular flexibility index (Phi) is 1.97. The maximum absolute atomic E-state index is 10.7. The Morgan fingerprint density at radius 1 is 1.78 bits per heavy atom. The van der Waals surface area contributed by atoms with Gasteiger partial charge in [0.25, 0.3) is 0 Å². The normalized spacial score (nSPS) is 34.7. The van der Waals surface area contributed by atoms with Crippen LogP contribution in [0.1, 0.15) is 6.92 Å². The minimum Gasteiger partial charge on any atom is -0.352 e. The van der Waals surface area contributed by atoms with Crippen LogP contribution in [0.25, 0.3) is 0 Å². The second-order valence-electron chi connectivity index (χ2n) is 1.85. The van der Waals surface area contributed by atoms with E-state index >= 15 is 0 Å². The number of ether oxygens (including phenoxy) is 1. The summed E-state index contributed by atoms with van der Waals surface area (Å²) in [5, 5.41) is 2.69. The molecule has 2 atom stereocenters. The third kappa shape index (κ3) is 1.37. The maximum Gasteiger partial charge on any atom is 0.235 e. The summed E-state index contributed by atoms with van der Waals surface area (Å²) in [7, 11) is 1.58. The van der Waals surface area contributed by atoms with Crippen LogP contribution >= 0.6 is 11.8 Å². The molecule has 0 bridgehead atoms. The molecule has 0 aliphatic carbocycles. The number of hydrogen-bond acceptors (Lipinski definition) is 3. The molecule has 1 N–H and O–H groups in total. The fraction of sp³-hybridized carbons (Fsp3) is 0.800. The molecule has 52 valence electrons. The highest BCUT2D eigenvalue weighted by Crippen LogP contribution is 2.22. The van der Waals surface area contributed by atoms with Crippen LogP contribution in [0.5, 0.6) is 0 Å². The van der Waals surface area contributed by atoms with Crippen molar-refractivity contribution in [2.75, 3.05) is 7.11 Å². The Morgan fingerprint density at radius 2 is 2.44 bits per heavy atom. The van der Waals surface area contributed by atoms with Crippen LogP contribution in [0, 0.1) is 0 Å². The van der Waals surface area contributed by atoms with E-state index in [0.29, 0.717) is 0 Å². The fourth-order valence-corrected chi connectivity index (χ4v) is 1.49. The SMILES string of the molecule is COC1NC(=O)C(C)S1. The standard InChI is InChI=1S/C5H9NO2S/c1-3-4(7)6-5(8-2)9-3/h3,5H,1-2H3,(H,6,7). The molecule has 0 aromatic rings. The summed E-state index contributed by atoms with van der Waals surface area (Å²) in [6, 6.07) is 0. The van der Waals surface area contributed by atoms with Crippen LogP contribution in [0.3, 0.4) is 0 Å². The first kappa shape index (κ1) is 6.89. The van der Waals surface area contributed by atoms with E-state index < -0.39 is 0 Å². The minimum atomic E-state index is -0.132. The molecule has 1 rings (SSSR count). The van der Waals surface area contributed by atoms with Gasteiger partial charge in [0.1, 0.15) is 0 Å². The van der Waals surface area contributed by atoms with Gasteiger partial charge in [-0.15, -0.1) is 0 Å². The number of thioether (sulfide) groups is 1. The van der Waals surface area contributed by atoms with Crippen molar-refractivity contribution in [1.82, 2.24) is 5.32 Å². The molecule has 1 aliphatic heterocycles. The van der Waals surface area contributed by atoms with Crippen LogP contribution in [-0.4, -0.2) is 23.8 Å². The topological polar surface area (TPSA) is 38.3 Å². The molecule has 0 aromatic heterocycles. The third-order valence-electron chi connectivity index (χ3n) is 1.17. The molecule has 9 heavy (non-hydrogen) atoms. The van der Waals surface area contributed by atoms with Gasteiger partial charge in [0.2, 0.25) is 5.91 Å². The lowest BCUT2D eigenvalue weighted by molar-refractivity contribution is -0.121. The third-order valence-corrected chi connectivity index (χ3v) is 2.35. The lowest BCUT2D eigenvalue weighted by Gasteiger charge is -2.03. The molecule has 1 fully saturated rings. The minimum absolute atomic E-state index is 0.0370. The van der Waals surface area contributed by atoms with Crippen molar-refractivity contribution in [3.63, 3.8) is 0 Å². The van der Waals surface area contributed by atoms with Crippen molar-refractivity contribution in [2.24, 2.45) is 0 Å². The van der Waals surface area contributed by atoms with Crippen LogP contribution in [-0.2, 0) is 9.53 Å². The zero-order valence-electron chi connectivity index (χ0n) is 5.38. The zero-order valence-corrected chi connectivity index (χ0v) is 6.20. The predicted octanol–water partition coefficient (Wildman–Crippen LogP) is 0.168. The van der Waals surface area contributed by atoms with Crippen molar-refractivity contribution >= 4 is 17.7 Å². The molecule has 1 amide bonds. The zero-order chi connectivity index (χ0) is 6.85. The fourth-order valence-electron chi connectivity index (χ4n) is 0.629. The van der Waals surface area contributed by atoms with Crippen LogP contribution < -0.4 is 5.32 Å². The van der Waals surface area contributed by atoms with E-state index in [1.807, 2.05) is 6.92 Å². The molecule has 3 nitrogen and oxygen atoms in total. The summed E-state index contributed by atoms with van der Waals surface area (Å²) in [5.41, 5.74) is -0.132. The van der Waals surface area contributed by atoms with Crippen molar-refractivity contribution < 1.29 is 9.53 Å². The Labute approximate surface area is 58.1 Å². The van der Waals surface area contributed by atoms with Gasteiger partial charge in [0, 0.05) is 7.11 Å². The highest BCUT2D eigenvalue weighted by atomic mass is 32.2.